The minimum Gasteiger partial charge on any atom is -0.379 e. The molecule has 3 N–H and O–H groups in total. The molecule has 0 spiro atoms. The Hall–Kier alpha value is -2.41. The van der Waals surface area contributed by atoms with Crippen molar-refractivity contribution in [2.75, 3.05) is 11.1 Å². The Labute approximate surface area is 149 Å². The molecule has 2 heterocycles. The number of hydrogen-bond donors (Lipinski definition) is 2. The van der Waals surface area contributed by atoms with E-state index in [1.807, 2.05) is 19.9 Å². The first-order chi connectivity index (χ1) is 11.9. The van der Waals surface area contributed by atoms with Crippen LogP contribution >= 0.6 is 11.8 Å². The number of pyridine rings is 1. The van der Waals surface area contributed by atoms with Crippen LogP contribution in [0.3, 0.4) is 0 Å². The first kappa shape index (κ1) is 17.4. The van der Waals surface area contributed by atoms with Crippen LogP contribution in [0.1, 0.15) is 34.8 Å². The Balaban J connectivity index is 1.91. The minimum absolute atomic E-state index is 0.0333. The summed E-state index contributed by atoms with van der Waals surface area (Å²) in [5.74, 6) is 0.0953. The fourth-order valence-corrected chi connectivity index (χ4v) is 3.69. The summed E-state index contributed by atoms with van der Waals surface area (Å²) in [6, 6.07) is 8.05. The Kier molecular flexibility index (Phi) is 4.76. The van der Waals surface area contributed by atoms with Crippen molar-refractivity contribution in [3.63, 3.8) is 0 Å². The lowest BCUT2D eigenvalue weighted by molar-refractivity contribution is 0.102. The quantitative estimate of drug-likeness (QED) is 0.881. The van der Waals surface area contributed by atoms with Crippen molar-refractivity contribution < 1.29 is 9.18 Å². The van der Waals surface area contributed by atoms with Crippen LogP contribution in [-0.2, 0) is 5.54 Å². The standard InChI is InChI=1S/C18H19FN4OS/c1-11-5-7-21-15(9-11)22-16(24)13-10-12(3-4-14(13)19)18(2)6-8-25-17(20)23-18/h3-5,7,9-10H,6,8H2,1-2H3,(H2,20,23)(H,21,22,24). The molecule has 3 rings (SSSR count). The first-order valence-corrected chi connectivity index (χ1v) is 8.88. The van der Waals surface area contributed by atoms with Gasteiger partial charge in [-0.15, -0.1) is 0 Å². The predicted molar refractivity (Wildman–Crippen MR) is 99.4 cm³/mol. The molecule has 5 nitrogen and oxygen atoms in total. The van der Waals surface area contributed by atoms with Crippen molar-refractivity contribution in [2.45, 2.75) is 25.8 Å². The van der Waals surface area contributed by atoms with Gasteiger partial charge in [-0.2, -0.15) is 0 Å². The van der Waals surface area contributed by atoms with Crippen LogP contribution in [0.25, 0.3) is 0 Å². The number of halogens is 1. The largest absolute Gasteiger partial charge is 0.379 e. The summed E-state index contributed by atoms with van der Waals surface area (Å²) in [6.45, 7) is 3.83. The number of carbonyl (C=O) groups is 1. The van der Waals surface area contributed by atoms with Crippen molar-refractivity contribution in [1.29, 1.82) is 0 Å². The second-order valence-corrected chi connectivity index (χ2v) is 7.30. The molecule has 1 aromatic heterocycles. The zero-order chi connectivity index (χ0) is 18.0. The number of thioether (sulfide) groups is 1. The molecule has 1 aliphatic heterocycles. The normalized spacial score (nSPS) is 20.0. The number of nitrogens with zero attached hydrogens (tertiary/aromatic N) is 2. The van der Waals surface area contributed by atoms with Crippen molar-refractivity contribution in [3.05, 3.63) is 59.0 Å². The monoisotopic (exact) mass is 358 g/mol. The molecule has 1 unspecified atom stereocenters. The van der Waals surface area contributed by atoms with E-state index in [0.717, 1.165) is 23.3 Å². The Bertz CT molecular complexity index is 855. The summed E-state index contributed by atoms with van der Waals surface area (Å²) in [6.07, 6.45) is 2.36. The molecule has 2 aromatic rings. The topological polar surface area (TPSA) is 80.4 Å². The Morgan fingerprint density at radius 3 is 2.88 bits per heavy atom. The zero-order valence-electron chi connectivity index (χ0n) is 14.0. The van der Waals surface area contributed by atoms with Crippen LogP contribution in [0.2, 0.25) is 0 Å². The molecule has 1 aromatic carbocycles. The molecule has 0 saturated heterocycles. The van der Waals surface area contributed by atoms with Crippen LogP contribution in [0.15, 0.2) is 41.5 Å². The molecule has 1 atom stereocenters. The number of hydrogen-bond acceptors (Lipinski definition) is 5. The number of nitrogens with two attached hydrogens (primary N) is 1. The van der Waals surface area contributed by atoms with Gasteiger partial charge in [0.25, 0.3) is 5.91 Å². The van der Waals surface area contributed by atoms with Crippen LogP contribution in [0, 0.1) is 12.7 Å². The van der Waals surface area contributed by atoms with E-state index in [0.29, 0.717) is 11.0 Å². The van der Waals surface area contributed by atoms with Gasteiger partial charge < -0.3 is 11.1 Å². The molecule has 7 heteroatoms. The van der Waals surface area contributed by atoms with Gasteiger partial charge in [-0.25, -0.2) is 9.37 Å². The molecule has 0 radical (unpaired) electrons. The molecule has 0 saturated carbocycles. The van der Waals surface area contributed by atoms with Crippen molar-refractivity contribution in [3.8, 4) is 0 Å². The van der Waals surface area contributed by atoms with Gasteiger partial charge in [0, 0.05) is 11.9 Å². The molecular weight excluding hydrogens is 339 g/mol. The van der Waals surface area contributed by atoms with Crippen LogP contribution in [0.4, 0.5) is 10.2 Å². The van der Waals surface area contributed by atoms with E-state index in [-0.39, 0.29) is 5.56 Å². The van der Waals surface area contributed by atoms with Gasteiger partial charge in [0.2, 0.25) is 0 Å². The predicted octanol–water partition coefficient (Wildman–Crippen LogP) is 3.45. The summed E-state index contributed by atoms with van der Waals surface area (Å²) in [4.78, 5) is 21.1. The maximum Gasteiger partial charge on any atom is 0.259 e. The van der Waals surface area contributed by atoms with E-state index in [2.05, 4.69) is 15.3 Å². The first-order valence-electron chi connectivity index (χ1n) is 7.89. The number of nitrogens with one attached hydrogen (secondary N) is 1. The summed E-state index contributed by atoms with van der Waals surface area (Å²) >= 11 is 1.50. The van der Waals surface area contributed by atoms with E-state index in [4.69, 9.17) is 5.73 Å². The molecule has 0 bridgehead atoms. The maximum atomic E-state index is 14.2. The van der Waals surface area contributed by atoms with E-state index in [1.165, 1.54) is 17.8 Å². The Morgan fingerprint density at radius 2 is 2.16 bits per heavy atom. The van der Waals surface area contributed by atoms with Crippen LogP contribution in [0.5, 0.6) is 0 Å². The minimum atomic E-state index is -0.584. The SMILES string of the molecule is Cc1ccnc(NC(=O)c2cc(C3(C)CCSC(N)=N3)ccc2F)c1. The smallest absolute Gasteiger partial charge is 0.259 e. The number of aromatic nitrogens is 1. The molecule has 130 valence electrons. The third kappa shape index (κ3) is 3.82. The van der Waals surface area contributed by atoms with Crippen LogP contribution < -0.4 is 11.1 Å². The fraction of sp³-hybridized carbons (Fsp3) is 0.278. The highest BCUT2D eigenvalue weighted by Gasteiger charge is 2.30. The maximum absolute atomic E-state index is 14.2. The average Bonchev–Trinajstić information content (AvgIpc) is 2.54. The third-order valence-corrected chi connectivity index (χ3v) is 4.98. The number of anilines is 1. The van der Waals surface area contributed by atoms with Crippen molar-refractivity contribution in [2.24, 2.45) is 10.7 Å². The van der Waals surface area contributed by atoms with E-state index < -0.39 is 17.3 Å². The second kappa shape index (κ2) is 6.84. The summed E-state index contributed by atoms with van der Waals surface area (Å²) in [7, 11) is 0. The van der Waals surface area contributed by atoms with E-state index >= 15 is 0 Å². The number of benzene rings is 1. The van der Waals surface area contributed by atoms with Crippen LogP contribution in [-0.4, -0.2) is 21.8 Å². The number of carbonyl (C=O) groups excluding carboxylic acids is 1. The Morgan fingerprint density at radius 1 is 1.36 bits per heavy atom. The summed E-state index contributed by atoms with van der Waals surface area (Å²) in [5, 5.41) is 3.14. The van der Waals surface area contributed by atoms with Gasteiger partial charge in [0.15, 0.2) is 5.17 Å². The molecule has 1 aliphatic rings. The summed E-state index contributed by atoms with van der Waals surface area (Å²) in [5.41, 5.74) is 6.97. The van der Waals surface area contributed by atoms with Gasteiger partial charge in [-0.05, 0) is 55.7 Å². The van der Waals surface area contributed by atoms with E-state index in [1.54, 1.807) is 24.4 Å². The number of aliphatic imine (C=N–C) groups is 1. The molecule has 0 fully saturated rings. The lowest BCUT2D eigenvalue weighted by atomic mass is 9.88. The third-order valence-electron chi connectivity index (χ3n) is 4.19. The highest BCUT2D eigenvalue weighted by Crippen LogP contribution is 2.35. The number of amidine groups is 1. The van der Waals surface area contributed by atoms with Gasteiger partial charge in [0.05, 0.1) is 11.1 Å². The molecule has 1 amide bonds. The van der Waals surface area contributed by atoms with Crippen molar-refractivity contribution in [1.82, 2.24) is 4.98 Å². The van der Waals surface area contributed by atoms with Crippen molar-refractivity contribution >= 4 is 28.7 Å². The van der Waals surface area contributed by atoms with Gasteiger partial charge in [0.1, 0.15) is 11.6 Å². The lowest BCUT2D eigenvalue weighted by Gasteiger charge is -2.30. The fourth-order valence-electron chi connectivity index (χ4n) is 2.72. The van der Waals surface area contributed by atoms with Gasteiger partial charge in [-0.1, -0.05) is 17.8 Å². The lowest BCUT2D eigenvalue weighted by Crippen LogP contribution is -2.29. The van der Waals surface area contributed by atoms with Gasteiger partial charge in [-0.3, -0.25) is 9.79 Å². The number of aryl methyl sites for hydroxylation is 1. The number of amides is 1. The highest BCUT2D eigenvalue weighted by molar-refractivity contribution is 8.13. The summed E-state index contributed by atoms with van der Waals surface area (Å²) < 4.78 is 14.2. The molecular formula is C18H19FN4OS. The van der Waals surface area contributed by atoms with Gasteiger partial charge >= 0.3 is 0 Å². The molecule has 0 aliphatic carbocycles. The zero-order valence-corrected chi connectivity index (χ0v) is 14.9. The van der Waals surface area contributed by atoms with E-state index in [9.17, 15) is 9.18 Å². The number of rotatable bonds is 3. The highest BCUT2D eigenvalue weighted by atomic mass is 32.2. The molecule has 25 heavy (non-hydrogen) atoms. The average molecular weight is 358 g/mol. The second-order valence-electron chi connectivity index (χ2n) is 6.19.